The molecule has 3 rings (SSSR count). The van der Waals surface area contributed by atoms with Crippen molar-refractivity contribution in [2.24, 2.45) is 0 Å². The zero-order valence-electron chi connectivity index (χ0n) is 10.6. The summed E-state index contributed by atoms with van der Waals surface area (Å²) in [6, 6.07) is 18.3. The molecule has 0 radical (unpaired) electrons. The minimum atomic E-state index is -3.08. The summed E-state index contributed by atoms with van der Waals surface area (Å²) < 4.78 is 28.7. The Hall–Kier alpha value is -2.49. The molecule has 0 aliphatic carbocycles. The van der Waals surface area contributed by atoms with Crippen LogP contribution in [0.15, 0.2) is 66.7 Å². The average molecular weight is 270 g/mol. The van der Waals surface area contributed by atoms with E-state index in [9.17, 15) is 8.78 Å². The lowest BCUT2D eigenvalue weighted by atomic mass is 10.0. The molecule has 0 bridgehead atoms. The fourth-order valence-electron chi connectivity index (χ4n) is 2.04. The molecular weight excluding hydrogens is 258 g/mol. The van der Waals surface area contributed by atoms with Gasteiger partial charge in [0.2, 0.25) is 0 Å². The van der Waals surface area contributed by atoms with Crippen molar-refractivity contribution in [1.82, 2.24) is 10.2 Å². The second-order valence-corrected chi connectivity index (χ2v) is 4.47. The van der Waals surface area contributed by atoms with Crippen molar-refractivity contribution in [3.63, 3.8) is 0 Å². The molecule has 3 aromatic rings. The van der Waals surface area contributed by atoms with Gasteiger partial charge in [-0.2, -0.15) is 13.9 Å². The number of H-pyrrole nitrogens is 1. The Balaban J connectivity index is 1.98. The maximum atomic E-state index is 14.3. The minimum absolute atomic E-state index is 0.0525. The number of rotatable bonds is 3. The van der Waals surface area contributed by atoms with Gasteiger partial charge in [0.1, 0.15) is 5.69 Å². The number of alkyl halides is 2. The first kappa shape index (κ1) is 12.5. The van der Waals surface area contributed by atoms with Gasteiger partial charge < -0.3 is 0 Å². The number of nitrogens with zero attached hydrogens (tertiary/aromatic N) is 1. The molecule has 0 atom stereocenters. The van der Waals surface area contributed by atoms with E-state index in [0.717, 1.165) is 5.56 Å². The maximum absolute atomic E-state index is 14.3. The van der Waals surface area contributed by atoms with Gasteiger partial charge in [-0.05, 0) is 6.07 Å². The zero-order valence-corrected chi connectivity index (χ0v) is 10.6. The first-order valence-electron chi connectivity index (χ1n) is 6.22. The highest BCUT2D eigenvalue weighted by atomic mass is 19.3. The van der Waals surface area contributed by atoms with E-state index in [1.165, 1.54) is 18.2 Å². The third kappa shape index (κ3) is 2.20. The zero-order chi connectivity index (χ0) is 14.0. The molecule has 20 heavy (non-hydrogen) atoms. The Bertz CT molecular complexity index is 691. The summed E-state index contributed by atoms with van der Waals surface area (Å²) >= 11 is 0. The van der Waals surface area contributed by atoms with Crippen molar-refractivity contribution in [3.8, 4) is 11.3 Å². The van der Waals surface area contributed by atoms with E-state index < -0.39 is 5.92 Å². The number of halogens is 2. The van der Waals surface area contributed by atoms with Crippen LogP contribution >= 0.6 is 0 Å². The quantitative estimate of drug-likeness (QED) is 0.758. The Morgan fingerprint density at radius 1 is 0.850 bits per heavy atom. The van der Waals surface area contributed by atoms with E-state index in [-0.39, 0.29) is 11.3 Å². The first-order valence-corrected chi connectivity index (χ1v) is 6.22. The molecule has 0 fully saturated rings. The molecule has 2 nitrogen and oxygen atoms in total. The number of nitrogens with one attached hydrogen (secondary N) is 1. The Kier molecular flexibility index (Phi) is 3.06. The van der Waals surface area contributed by atoms with Crippen LogP contribution in [0.1, 0.15) is 11.3 Å². The van der Waals surface area contributed by atoms with E-state index in [1.807, 2.05) is 30.3 Å². The summed E-state index contributed by atoms with van der Waals surface area (Å²) in [5.41, 5.74) is 1.06. The van der Waals surface area contributed by atoms with Crippen LogP contribution in [-0.4, -0.2) is 10.2 Å². The van der Waals surface area contributed by atoms with Crippen molar-refractivity contribution in [2.75, 3.05) is 0 Å². The number of hydrogen-bond donors (Lipinski definition) is 1. The van der Waals surface area contributed by atoms with Gasteiger partial charge in [-0.3, -0.25) is 5.10 Å². The Labute approximate surface area is 115 Å². The van der Waals surface area contributed by atoms with Crippen molar-refractivity contribution in [2.45, 2.75) is 5.92 Å². The smallest absolute Gasteiger partial charge is 0.275 e. The fourth-order valence-corrected chi connectivity index (χ4v) is 2.04. The van der Waals surface area contributed by atoms with Gasteiger partial charge in [0.15, 0.2) is 0 Å². The van der Waals surface area contributed by atoms with Gasteiger partial charge in [0.05, 0.1) is 5.69 Å². The van der Waals surface area contributed by atoms with Gasteiger partial charge in [0.25, 0.3) is 0 Å². The lowest BCUT2D eigenvalue weighted by Crippen LogP contribution is -2.15. The number of hydrogen-bond acceptors (Lipinski definition) is 1. The van der Waals surface area contributed by atoms with Crippen LogP contribution in [0, 0.1) is 0 Å². The van der Waals surface area contributed by atoms with Crippen LogP contribution in [0.3, 0.4) is 0 Å². The highest BCUT2D eigenvalue weighted by Crippen LogP contribution is 2.35. The number of benzene rings is 2. The van der Waals surface area contributed by atoms with Crippen LogP contribution in [-0.2, 0) is 5.92 Å². The molecule has 4 heteroatoms. The highest BCUT2D eigenvalue weighted by molar-refractivity contribution is 5.59. The predicted molar refractivity (Wildman–Crippen MR) is 73.5 cm³/mol. The van der Waals surface area contributed by atoms with Crippen molar-refractivity contribution in [3.05, 3.63) is 78.0 Å². The summed E-state index contributed by atoms with van der Waals surface area (Å²) in [6.45, 7) is 0. The van der Waals surface area contributed by atoms with Crippen LogP contribution in [0.25, 0.3) is 11.3 Å². The largest absolute Gasteiger partial charge is 0.314 e. The maximum Gasteiger partial charge on any atom is 0.314 e. The van der Waals surface area contributed by atoms with E-state index in [0.29, 0.717) is 5.69 Å². The average Bonchev–Trinajstić information content (AvgIpc) is 3.00. The monoisotopic (exact) mass is 270 g/mol. The summed E-state index contributed by atoms with van der Waals surface area (Å²) in [5, 5.41) is 6.42. The second-order valence-electron chi connectivity index (χ2n) is 4.47. The first-order chi connectivity index (χ1) is 9.68. The topological polar surface area (TPSA) is 28.7 Å². The van der Waals surface area contributed by atoms with Crippen molar-refractivity contribution in [1.29, 1.82) is 0 Å². The number of aromatic amines is 1. The molecule has 2 aromatic carbocycles. The van der Waals surface area contributed by atoms with E-state index in [1.54, 1.807) is 18.2 Å². The van der Waals surface area contributed by atoms with Crippen molar-refractivity contribution >= 4 is 0 Å². The molecular formula is C16H12F2N2. The fraction of sp³-hybridized carbons (Fsp3) is 0.0625. The van der Waals surface area contributed by atoms with Crippen LogP contribution in [0.4, 0.5) is 8.78 Å². The molecule has 0 saturated carbocycles. The third-order valence-electron chi connectivity index (χ3n) is 3.12. The Morgan fingerprint density at radius 2 is 1.45 bits per heavy atom. The van der Waals surface area contributed by atoms with Gasteiger partial charge in [-0.1, -0.05) is 60.7 Å². The van der Waals surface area contributed by atoms with E-state index in [2.05, 4.69) is 10.2 Å². The van der Waals surface area contributed by atoms with Crippen LogP contribution in [0.5, 0.6) is 0 Å². The van der Waals surface area contributed by atoms with Crippen LogP contribution in [0.2, 0.25) is 0 Å². The highest BCUT2D eigenvalue weighted by Gasteiger charge is 2.35. The standard InChI is InChI=1S/C16H12F2N2/c17-16(18,13-9-5-2-6-10-13)15-11-14(19-20-15)12-7-3-1-4-8-12/h1-11H,(H,19,20). The molecule has 1 N–H and O–H groups in total. The van der Waals surface area contributed by atoms with Gasteiger partial charge in [0, 0.05) is 11.1 Å². The SMILES string of the molecule is FC(F)(c1ccccc1)c1cc(-c2ccccc2)n[nH]1. The molecule has 0 aliphatic rings. The normalized spacial score (nSPS) is 11.5. The van der Waals surface area contributed by atoms with E-state index in [4.69, 9.17) is 0 Å². The lowest BCUT2D eigenvalue weighted by molar-refractivity contribution is 0.0379. The number of aromatic nitrogens is 2. The summed E-state index contributed by atoms with van der Waals surface area (Å²) in [6.07, 6.45) is 0. The lowest BCUT2D eigenvalue weighted by Gasteiger charge is -2.14. The van der Waals surface area contributed by atoms with E-state index >= 15 is 0 Å². The Morgan fingerprint density at radius 3 is 2.10 bits per heavy atom. The minimum Gasteiger partial charge on any atom is -0.275 e. The predicted octanol–water partition coefficient (Wildman–Crippen LogP) is 4.22. The molecule has 0 amide bonds. The molecule has 0 unspecified atom stereocenters. The van der Waals surface area contributed by atoms with Gasteiger partial charge >= 0.3 is 5.92 Å². The molecule has 1 aromatic heterocycles. The van der Waals surface area contributed by atoms with Crippen LogP contribution < -0.4 is 0 Å². The molecule has 100 valence electrons. The molecule has 1 heterocycles. The third-order valence-corrected chi connectivity index (χ3v) is 3.12. The summed E-state index contributed by atoms with van der Waals surface area (Å²) in [4.78, 5) is 0. The summed E-state index contributed by atoms with van der Waals surface area (Å²) in [7, 11) is 0. The van der Waals surface area contributed by atoms with Gasteiger partial charge in [-0.25, -0.2) is 0 Å². The molecule has 0 aliphatic heterocycles. The summed E-state index contributed by atoms with van der Waals surface area (Å²) in [5.74, 6) is -3.08. The molecule has 0 saturated heterocycles. The van der Waals surface area contributed by atoms with Crippen molar-refractivity contribution < 1.29 is 8.78 Å². The second kappa shape index (κ2) is 4.89. The van der Waals surface area contributed by atoms with Gasteiger partial charge in [-0.15, -0.1) is 0 Å². The molecule has 0 spiro atoms.